The standard InChI is InChI=1S/C14H18ClN3O2/c15-11-1-2-13-12(5-11)18(3-4-20-13)9-14(19)17-8-10-6-16-7-10/h1-2,5,10,16H,3-4,6-9H2,(H,17,19). The maximum absolute atomic E-state index is 12.0. The van der Waals surface area contributed by atoms with Crippen molar-refractivity contribution in [3.8, 4) is 5.75 Å². The van der Waals surface area contributed by atoms with E-state index < -0.39 is 0 Å². The maximum atomic E-state index is 12.0. The molecule has 0 radical (unpaired) electrons. The van der Waals surface area contributed by atoms with Gasteiger partial charge in [-0.3, -0.25) is 4.79 Å². The summed E-state index contributed by atoms with van der Waals surface area (Å²) in [5.74, 6) is 1.41. The summed E-state index contributed by atoms with van der Waals surface area (Å²) >= 11 is 6.02. The average molecular weight is 296 g/mol. The monoisotopic (exact) mass is 295 g/mol. The zero-order chi connectivity index (χ0) is 13.9. The Bertz CT molecular complexity index is 505. The Morgan fingerprint density at radius 1 is 1.50 bits per heavy atom. The third-order valence-corrected chi connectivity index (χ3v) is 3.90. The molecule has 2 aliphatic heterocycles. The van der Waals surface area contributed by atoms with E-state index in [0.717, 1.165) is 31.1 Å². The molecule has 6 heteroatoms. The largest absolute Gasteiger partial charge is 0.490 e. The highest BCUT2D eigenvalue weighted by molar-refractivity contribution is 6.31. The molecule has 2 N–H and O–H groups in total. The van der Waals surface area contributed by atoms with E-state index in [1.54, 1.807) is 6.07 Å². The molecule has 1 amide bonds. The topological polar surface area (TPSA) is 53.6 Å². The van der Waals surface area contributed by atoms with Gasteiger partial charge in [-0.15, -0.1) is 0 Å². The van der Waals surface area contributed by atoms with Crippen molar-refractivity contribution in [3.63, 3.8) is 0 Å². The van der Waals surface area contributed by atoms with Gasteiger partial charge >= 0.3 is 0 Å². The fourth-order valence-corrected chi connectivity index (χ4v) is 2.56. The van der Waals surface area contributed by atoms with Gasteiger partial charge in [-0.2, -0.15) is 0 Å². The van der Waals surface area contributed by atoms with Gasteiger partial charge in [-0.25, -0.2) is 0 Å². The first-order valence-electron chi connectivity index (χ1n) is 6.87. The molecular weight excluding hydrogens is 278 g/mol. The second-order valence-corrected chi connectivity index (χ2v) is 5.65. The highest BCUT2D eigenvalue weighted by atomic mass is 35.5. The predicted molar refractivity (Wildman–Crippen MR) is 78.5 cm³/mol. The minimum Gasteiger partial charge on any atom is -0.490 e. The maximum Gasteiger partial charge on any atom is 0.239 e. The number of amides is 1. The number of carbonyl (C=O) groups excluding carboxylic acids is 1. The highest BCUT2D eigenvalue weighted by Gasteiger charge is 2.22. The summed E-state index contributed by atoms with van der Waals surface area (Å²) in [5, 5.41) is 6.83. The van der Waals surface area contributed by atoms with Gasteiger partial charge in [-0.05, 0) is 18.2 Å². The summed E-state index contributed by atoms with van der Waals surface area (Å²) in [6.07, 6.45) is 0. The van der Waals surface area contributed by atoms with E-state index in [1.807, 2.05) is 17.0 Å². The number of anilines is 1. The Morgan fingerprint density at radius 2 is 2.35 bits per heavy atom. The number of carbonyl (C=O) groups is 1. The van der Waals surface area contributed by atoms with Crippen molar-refractivity contribution in [2.75, 3.05) is 44.2 Å². The number of nitrogens with zero attached hydrogens (tertiary/aromatic N) is 1. The molecule has 0 unspecified atom stereocenters. The van der Waals surface area contributed by atoms with Crippen LogP contribution in [0.4, 0.5) is 5.69 Å². The van der Waals surface area contributed by atoms with Crippen LogP contribution in [0.3, 0.4) is 0 Å². The van der Waals surface area contributed by atoms with Gasteiger partial charge < -0.3 is 20.3 Å². The van der Waals surface area contributed by atoms with Gasteiger partial charge in [0.15, 0.2) is 0 Å². The summed E-state index contributed by atoms with van der Waals surface area (Å²) in [5.41, 5.74) is 0.893. The van der Waals surface area contributed by atoms with Gasteiger partial charge in [-0.1, -0.05) is 11.6 Å². The van der Waals surface area contributed by atoms with Crippen LogP contribution in [0, 0.1) is 5.92 Å². The molecule has 108 valence electrons. The van der Waals surface area contributed by atoms with Gasteiger partial charge in [0.05, 0.1) is 18.8 Å². The lowest BCUT2D eigenvalue weighted by Crippen LogP contribution is -2.50. The first-order chi connectivity index (χ1) is 9.72. The second kappa shape index (κ2) is 5.89. The van der Waals surface area contributed by atoms with Crippen LogP contribution in [0.25, 0.3) is 0 Å². The minimum atomic E-state index is 0.0460. The number of hydrogen-bond acceptors (Lipinski definition) is 4. The Hall–Kier alpha value is -1.46. The number of fused-ring (bicyclic) bond motifs is 1. The Balaban J connectivity index is 1.60. The van der Waals surface area contributed by atoms with Gasteiger partial charge in [0.2, 0.25) is 5.91 Å². The van der Waals surface area contributed by atoms with Gasteiger partial charge in [0.1, 0.15) is 12.4 Å². The van der Waals surface area contributed by atoms with Gasteiger partial charge in [0.25, 0.3) is 0 Å². The molecule has 1 aromatic rings. The van der Waals surface area contributed by atoms with Crippen LogP contribution in [0.15, 0.2) is 18.2 Å². The van der Waals surface area contributed by atoms with E-state index in [1.165, 1.54) is 0 Å². The smallest absolute Gasteiger partial charge is 0.239 e. The van der Waals surface area contributed by atoms with E-state index in [2.05, 4.69) is 10.6 Å². The van der Waals surface area contributed by atoms with E-state index in [4.69, 9.17) is 16.3 Å². The highest BCUT2D eigenvalue weighted by Crippen LogP contribution is 2.33. The van der Waals surface area contributed by atoms with Crippen molar-refractivity contribution in [1.82, 2.24) is 10.6 Å². The number of rotatable bonds is 4. The van der Waals surface area contributed by atoms with Crippen molar-refractivity contribution in [2.24, 2.45) is 5.92 Å². The molecule has 1 fully saturated rings. The van der Waals surface area contributed by atoms with Crippen LogP contribution in [0.1, 0.15) is 0 Å². The molecule has 1 saturated heterocycles. The molecule has 20 heavy (non-hydrogen) atoms. The zero-order valence-corrected chi connectivity index (χ0v) is 11.9. The first-order valence-corrected chi connectivity index (χ1v) is 7.25. The Labute approximate surface area is 123 Å². The van der Waals surface area contributed by atoms with E-state index in [0.29, 0.717) is 30.6 Å². The van der Waals surface area contributed by atoms with Crippen LogP contribution in [-0.4, -0.2) is 45.2 Å². The molecule has 5 nitrogen and oxygen atoms in total. The van der Waals surface area contributed by atoms with Crippen molar-refractivity contribution < 1.29 is 9.53 Å². The lowest BCUT2D eigenvalue weighted by Gasteiger charge is -2.31. The molecule has 0 bridgehead atoms. The minimum absolute atomic E-state index is 0.0460. The summed E-state index contributed by atoms with van der Waals surface area (Å²) in [6, 6.07) is 5.49. The van der Waals surface area contributed by atoms with Gasteiger partial charge in [0, 0.05) is 30.6 Å². The van der Waals surface area contributed by atoms with Crippen LogP contribution in [0.5, 0.6) is 5.75 Å². The fourth-order valence-electron chi connectivity index (χ4n) is 2.39. The van der Waals surface area contributed by atoms with Crippen molar-refractivity contribution >= 4 is 23.2 Å². The van der Waals surface area contributed by atoms with Crippen LogP contribution in [0.2, 0.25) is 5.02 Å². The second-order valence-electron chi connectivity index (χ2n) is 5.21. The lowest BCUT2D eigenvalue weighted by atomic mass is 10.0. The molecule has 0 saturated carbocycles. The van der Waals surface area contributed by atoms with Crippen LogP contribution >= 0.6 is 11.6 Å². The Morgan fingerprint density at radius 3 is 3.10 bits per heavy atom. The summed E-state index contributed by atoms with van der Waals surface area (Å²) in [4.78, 5) is 14.0. The third-order valence-electron chi connectivity index (χ3n) is 3.67. The Kier molecular flexibility index (Phi) is 3.98. The summed E-state index contributed by atoms with van der Waals surface area (Å²) < 4.78 is 5.57. The summed E-state index contributed by atoms with van der Waals surface area (Å²) in [7, 11) is 0. The molecule has 2 heterocycles. The zero-order valence-electron chi connectivity index (χ0n) is 11.2. The number of nitrogens with one attached hydrogen (secondary N) is 2. The SMILES string of the molecule is O=C(CN1CCOc2ccc(Cl)cc21)NCC1CNC1. The molecule has 0 atom stereocenters. The van der Waals surface area contributed by atoms with E-state index in [-0.39, 0.29) is 5.91 Å². The first kappa shape index (κ1) is 13.5. The number of benzene rings is 1. The van der Waals surface area contributed by atoms with Crippen LogP contribution in [-0.2, 0) is 4.79 Å². The van der Waals surface area contributed by atoms with Crippen LogP contribution < -0.4 is 20.3 Å². The normalized spacial score (nSPS) is 17.9. The fraction of sp³-hybridized carbons (Fsp3) is 0.500. The van der Waals surface area contributed by atoms with E-state index >= 15 is 0 Å². The molecule has 0 spiro atoms. The molecular formula is C14H18ClN3O2. The molecule has 1 aromatic carbocycles. The van der Waals surface area contributed by atoms with Crippen molar-refractivity contribution in [1.29, 1.82) is 0 Å². The predicted octanol–water partition coefficient (Wildman–Crippen LogP) is 0.874. The molecule has 2 aliphatic rings. The number of ether oxygens (including phenoxy) is 1. The number of hydrogen-bond donors (Lipinski definition) is 2. The molecule has 0 aromatic heterocycles. The lowest BCUT2D eigenvalue weighted by molar-refractivity contribution is -0.120. The van der Waals surface area contributed by atoms with E-state index in [9.17, 15) is 4.79 Å². The van der Waals surface area contributed by atoms with Crippen molar-refractivity contribution in [3.05, 3.63) is 23.2 Å². The quantitative estimate of drug-likeness (QED) is 0.866. The summed E-state index contributed by atoms with van der Waals surface area (Å²) in [6.45, 7) is 4.38. The third kappa shape index (κ3) is 2.99. The van der Waals surface area contributed by atoms with Crippen molar-refractivity contribution in [2.45, 2.75) is 0 Å². The molecule has 3 rings (SSSR count). The molecule has 0 aliphatic carbocycles. The average Bonchev–Trinajstić information content (AvgIpc) is 2.37. The number of halogens is 1.